The van der Waals surface area contributed by atoms with E-state index in [-0.39, 0.29) is 36.6 Å². The Labute approximate surface area is 236 Å². The van der Waals surface area contributed by atoms with Gasteiger partial charge in [0.25, 0.3) is 0 Å². The van der Waals surface area contributed by atoms with Gasteiger partial charge in [-0.15, -0.1) is 0 Å². The van der Waals surface area contributed by atoms with Crippen LogP contribution in [0.3, 0.4) is 0 Å². The molecule has 3 rings (SSSR count). The van der Waals surface area contributed by atoms with Crippen molar-refractivity contribution in [3.8, 4) is 5.75 Å². The van der Waals surface area contributed by atoms with Crippen LogP contribution >= 0.6 is 0 Å². The molecule has 1 atom stereocenters. The largest absolute Gasteiger partial charge is 0.481 e. The second kappa shape index (κ2) is 12.0. The highest BCUT2D eigenvalue weighted by Crippen LogP contribution is 2.55. The number of carboxylic acids is 1. The Morgan fingerprint density at radius 3 is 1.70 bits per heavy atom. The number of ketones is 2. The molecule has 0 spiro atoms. The van der Waals surface area contributed by atoms with Crippen LogP contribution in [0.1, 0.15) is 79.3 Å². The molecule has 0 aliphatic heterocycles. The van der Waals surface area contributed by atoms with E-state index in [0.717, 1.165) is 11.1 Å². The molecule has 1 N–H and O–H groups in total. The van der Waals surface area contributed by atoms with Crippen molar-refractivity contribution in [2.75, 3.05) is 0 Å². The fourth-order valence-corrected chi connectivity index (χ4v) is 4.80. The number of carbonyl (C=O) groups is 4. The summed E-state index contributed by atoms with van der Waals surface area (Å²) in [5, 5.41) is 10.6. The van der Waals surface area contributed by atoms with Gasteiger partial charge in [0, 0.05) is 11.1 Å². The van der Waals surface area contributed by atoms with Gasteiger partial charge < -0.3 is 9.84 Å². The minimum atomic E-state index is -1.45. The van der Waals surface area contributed by atoms with Crippen LogP contribution in [0.5, 0.6) is 5.75 Å². The highest BCUT2D eigenvalue weighted by atomic mass is 16.5. The monoisotopic (exact) mass is 542 g/mol. The first-order valence-corrected chi connectivity index (χ1v) is 13.4. The lowest BCUT2D eigenvalue weighted by molar-refractivity contribution is -0.170. The first-order chi connectivity index (χ1) is 18.7. The highest BCUT2D eigenvalue weighted by molar-refractivity contribution is 6.13. The van der Waals surface area contributed by atoms with Crippen LogP contribution in [0.4, 0.5) is 0 Å². The summed E-state index contributed by atoms with van der Waals surface area (Å²) in [5.74, 6) is -2.16. The standard InChI is InChI=1S/C34H38O6/c1-23-12-14-25(15-13-23)28(35)20-29(36)26-16-18-27(19-17-26)40-30(37)22-34(31(38)39,33(5,6)32(2,3)4)21-24-10-8-7-9-11-24/h7-19H,20-22H2,1-6H3,(H,38,39). The number of carbonyl (C=O) groups excluding carboxylic acids is 3. The fourth-order valence-electron chi connectivity index (χ4n) is 4.80. The number of benzene rings is 3. The molecule has 0 saturated heterocycles. The molecular formula is C34H38O6. The van der Waals surface area contributed by atoms with Gasteiger partial charge in [0.1, 0.15) is 5.75 Å². The van der Waals surface area contributed by atoms with Gasteiger partial charge in [0.05, 0.1) is 18.3 Å². The lowest BCUT2D eigenvalue weighted by Gasteiger charge is -2.51. The molecule has 210 valence electrons. The van der Waals surface area contributed by atoms with E-state index >= 15 is 0 Å². The number of carboxylic acid groups (broad SMARTS) is 1. The number of rotatable bonds is 11. The second-order valence-corrected chi connectivity index (χ2v) is 12.0. The first-order valence-electron chi connectivity index (χ1n) is 13.4. The van der Waals surface area contributed by atoms with Gasteiger partial charge >= 0.3 is 11.9 Å². The average molecular weight is 543 g/mol. The Kier molecular flexibility index (Phi) is 9.14. The molecule has 0 fully saturated rings. The first kappa shape index (κ1) is 30.5. The minimum Gasteiger partial charge on any atom is -0.481 e. The van der Waals surface area contributed by atoms with Crippen LogP contribution in [0.15, 0.2) is 78.9 Å². The van der Waals surface area contributed by atoms with E-state index in [0.29, 0.717) is 11.1 Å². The second-order valence-electron chi connectivity index (χ2n) is 12.0. The number of aliphatic carboxylic acids is 1. The molecule has 0 saturated carbocycles. The Morgan fingerprint density at radius 1 is 0.725 bits per heavy atom. The van der Waals surface area contributed by atoms with Crippen LogP contribution in [-0.2, 0) is 16.0 Å². The molecule has 6 heteroatoms. The maximum absolute atomic E-state index is 13.2. The lowest BCUT2D eigenvalue weighted by atomic mass is 9.51. The van der Waals surface area contributed by atoms with E-state index < -0.39 is 28.2 Å². The van der Waals surface area contributed by atoms with Crippen LogP contribution in [-0.4, -0.2) is 28.6 Å². The minimum absolute atomic E-state index is 0.158. The van der Waals surface area contributed by atoms with Gasteiger partial charge in [-0.25, -0.2) is 0 Å². The van der Waals surface area contributed by atoms with E-state index in [9.17, 15) is 24.3 Å². The van der Waals surface area contributed by atoms with E-state index in [1.54, 1.807) is 12.1 Å². The Hall–Kier alpha value is -4.06. The summed E-state index contributed by atoms with van der Waals surface area (Å²) in [6.07, 6.45) is -0.455. The molecule has 0 aromatic heterocycles. The van der Waals surface area contributed by atoms with Gasteiger partial charge in [0.15, 0.2) is 11.6 Å². The number of hydrogen-bond acceptors (Lipinski definition) is 5. The van der Waals surface area contributed by atoms with Crippen molar-refractivity contribution >= 4 is 23.5 Å². The lowest BCUT2D eigenvalue weighted by Crippen LogP contribution is -2.54. The van der Waals surface area contributed by atoms with Crippen molar-refractivity contribution in [1.82, 2.24) is 0 Å². The number of Topliss-reactive ketones (excluding diaryl/α,β-unsaturated/α-hetero) is 2. The van der Waals surface area contributed by atoms with E-state index in [1.807, 2.05) is 84.0 Å². The normalized spacial score (nSPS) is 13.2. The zero-order valence-corrected chi connectivity index (χ0v) is 24.1. The van der Waals surface area contributed by atoms with E-state index in [2.05, 4.69) is 0 Å². The number of esters is 1. The topological polar surface area (TPSA) is 97.7 Å². The Bertz CT molecular complexity index is 1360. The molecule has 3 aromatic rings. The quantitative estimate of drug-likeness (QED) is 0.120. The zero-order chi connectivity index (χ0) is 29.7. The van der Waals surface area contributed by atoms with Crippen LogP contribution < -0.4 is 4.74 Å². The summed E-state index contributed by atoms with van der Waals surface area (Å²) in [6, 6.07) is 22.3. The van der Waals surface area contributed by atoms with Crippen LogP contribution in [0, 0.1) is 23.2 Å². The molecule has 0 bridgehead atoms. The number of hydrogen-bond donors (Lipinski definition) is 1. The van der Waals surface area contributed by atoms with Crippen LogP contribution in [0.25, 0.3) is 0 Å². The predicted octanol–water partition coefficient (Wildman–Crippen LogP) is 7.13. The van der Waals surface area contributed by atoms with Gasteiger partial charge in [-0.2, -0.15) is 0 Å². The predicted molar refractivity (Wildman–Crippen MR) is 155 cm³/mol. The summed E-state index contributed by atoms with van der Waals surface area (Å²) in [6.45, 7) is 11.6. The third-order valence-corrected chi connectivity index (χ3v) is 8.38. The van der Waals surface area contributed by atoms with E-state index in [1.165, 1.54) is 24.3 Å². The van der Waals surface area contributed by atoms with Crippen molar-refractivity contribution in [1.29, 1.82) is 0 Å². The molecule has 0 amide bonds. The van der Waals surface area contributed by atoms with Crippen molar-refractivity contribution in [3.63, 3.8) is 0 Å². The van der Waals surface area contributed by atoms with Gasteiger partial charge in [-0.1, -0.05) is 94.8 Å². The van der Waals surface area contributed by atoms with Gasteiger partial charge in [-0.05, 0) is 54.0 Å². The molecule has 6 nitrogen and oxygen atoms in total. The third-order valence-electron chi connectivity index (χ3n) is 8.38. The summed E-state index contributed by atoms with van der Waals surface area (Å²) in [5.41, 5.74) is -0.0676. The molecule has 3 aromatic carbocycles. The fraction of sp³-hybridized carbons (Fsp3) is 0.353. The van der Waals surface area contributed by atoms with Crippen molar-refractivity contribution in [2.24, 2.45) is 16.2 Å². The molecule has 40 heavy (non-hydrogen) atoms. The molecule has 0 heterocycles. The van der Waals surface area contributed by atoms with Crippen molar-refractivity contribution < 1.29 is 29.0 Å². The summed E-state index contributed by atoms with van der Waals surface area (Å²) in [4.78, 5) is 51.4. The number of aryl methyl sites for hydroxylation is 1. The van der Waals surface area contributed by atoms with Crippen LogP contribution in [0.2, 0.25) is 0 Å². The molecule has 0 aliphatic carbocycles. The molecule has 1 unspecified atom stereocenters. The average Bonchev–Trinajstić information content (AvgIpc) is 2.88. The summed E-state index contributed by atoms with van der Waals surface area (Å²) in [7, 11) is 0. The third kappa shape index (κ3) is 6.74. The molecule has 0 aliphatic rings. The SMILES string of the molecule is Cc1ccc(C(=O)CC(=O)c2ccc(OC(=O)CC(Cc3ccccc3)(C(=O)O)C(C)(C)C(C)(C)C)cc2)cc1. The summed E-state index contributed by atoms with van der Waals surface area (Å²) >= 11 is 0. The smallest absolute Gasteiger partial charge is 0.312 e. The summed E-state index contributed by atoms with van der Waals surface area (Å²) < 4.78 is 5.58. The maximum Gasteiger partial charge on any atom is 0.312 e. The van der Waals surface area contributed by atoms with Gasteiger partial charge in [-0.3, -0.25) is 19.2 Å². The molecule has 0 radical (unpaired) electrons. The van der Waals surface area contributed by atoms with Crippen molar-refractivity contribution in [2.45, 2.75) is 60.8 Å². The van der Waals surface area contributed by atoms with Crippen molar-refractivity contribution in [3.05, 3.63) is 101 Å². The Morgan fingerprint density at radius 2 is 1.23 bits per heavy atom. The molecular weight excluding hydrogens is 504 g/mol. The highest BCUT2D eigenvalue weighted by Gasteiger charge is 2.57. The van der Waals surface area contributed by atoms with E-state index in [4.69, 9.17) is 4.74 Å². The Balaban J connectivity index is 1.78. The zero-order valence-electron chi connectivity index (χ0n) is 24.1. The number of ether oxygens (including phenoxy) is 1. The maximum atomic E-state index is 13.2. The van der Waals surface area contributed by atoms with Gasteiger partial charge in [0.2, 0.25) is 0 Å².